The maximum absolute atomic E-state index is 12.6. The third kappa shape index (κ3) is 3.02. The van der Waals surface area contributed by atoms with Crippen LogP contribution >= 0.6 is 0 Å². The number of hydrogen-bond acceptors (Lipinski definition) is 5. The SMILES string of the molecule is Cc1cc(C(=O)N2CC[C@@H]3CO[C@@H](CN4CCCC4)[C@@H]3C2)no1. The molecule has 3 saturated heterocycles. The molecule has 1 aromatic heterocycles. The Bertz CT molecular complexity index is 567. The fraction of sp³-hybridized carbons (Fsp3) is 0.765. The summed E-state index contributed by atoms with van der Waals surface area (Å²) in [6.45, 7) is 7.66. The van der Waals surface area contributed by atoms with E-state index in [1.54, 1.807) is 6.07 Å². The molecule has 0 aliphatic carbocycles. The molecule has 1 amide bonds. The van der Waals surface area contributed by atoms with Crippen molar-refractivity contribution in [2.24, 2.45) is 11.8 Å². The summed E-state index contributed by atoms with van der Waals surface area (Å²) in [4.78, 5) is 17.0. The molecule has 23 heavy (non-hydrogen) atoms. The van der Waals surface area contributed by atoms with Gasteiger partial charge < -0.3 is 19.1 Å². The molecule has 126 valence electrons. The summed E-state index contributed by atoms with van der Waals surface area (Å²) < 4.78 is 11.1. The summed E-state index contributed by atoms with van der Waals surface area (Å²) in [6.07, 6.45) is 3.91. The minimum atomic E-state index is -0.00729. The zero-order valence-corrected chi connectivity index (χ0v) is 13.7. The van der Waals surface area contributed by atoms with E-state index in [9.17, 15) is 4.79 Å². The van der Waals surface area contributed by atoms with Gasteiger partial charge in [0.1, 0.15) is 5.76 Å². The number of likely N-dealkylation sites (tertiary alicyclic amines) is 2. The molecule has 6 heteroatoms. The predicted molar refractivity (Wildman–Crippen MR) is 84.2 cm³/mol. The molecule has 0 N–H and O–H groups in total. The highest BCUT2D eigenvalue weighted by Gasteiger charge is 2.43. The lowest BCUT2D eigenvalue weighted by Crippen LogP contribution is -2.47. The number of ether oxygens (including phenoxy) is 1. The summed E-state index contributed by atoms with van der Waals surface area (Å²) in [5.41, 5.74) is 0.427. The Balaban J connectivity index is 1.41. The van der Waals surface area contributed by atoms with Gasteiger partial charge in [-0.3, -0.25) is 4.79 Å². The number of carbonyl (C=O) groups is 1. The van der Waals surface area contributed by atoms with Crippen molar-refractivity contribution in [3.05, 3.63) is 17.5 Å². The highest BCUT2D eigenvalue weighted by atomic mass is 16.5. The average Bonchev–Trinajstić information content (AvgIpc) is 3.29. The number of carbonyl (C=O) groups excluding carboxylic acids is 1. The monoisotopic (exact) mass is 319 g/mol. The predicted octanol–water partition coefficient (Wildman–Crippen LogP) is 1.56. The summed E-state index contributed by atoms with van der Waals surface area (Å²) >= 11 is 0. The molecule has 0 radical (unpaired) electrons. The molecule has 3 aliphatic rings. The summed E-state index contributed by atoms with van der Waals surface area (Å²) in [7, 11) is 0. The van der Waals surface area contributed by atoms with Gasteiger partial charge in [0, 0.05) is 31.6 Å². The molecule has 3 fully saturated rings. The molecule has 0 aromatic carbocycles. The van der Waals surface area contributed by atoms with Crippen LogP contribution in [-0.2, 0) is 4.74 Å². The van der Waals surface area contributed by atoms with Crippen LogP contribution in [0.15, 0.2) is 10.6 Å². The number of amides is 1. The van der Waals surface area contributed by atoms with Gasteiger partial charge >= 0.3 is 0 Å². The van der Waals surface area contributed by atoms with Crippen LogP contribution in [0.1, 0.15) is 35.5 Å². The van der Waals surface area contributed by atoms with Crippen molar-refractivity contribution in [2.45, 2.75) is 32.3 Å². The van der Waals surface area contributed by atoms with Crippen molar-refractivity contribution in [1.29, 1.82) is 0 Å². The Morgan fingerprint density at radius 3 is 2.91 bits per heavy atom. The molecule has 0 bridgehead atoms. The highest BCUT2D eigenvalue weighted by molar-refractivity contribution is 5.92. The molecule has 4 rings (SSSR count). The van der Waals surface area contributed by atoms with Crippen LogP contribution in [0.5, 0.6) is 0 Å². The Kier molecular flexibility index (Phi) is 4.11. The van der Waals surface area contributed by atoms with Gasteiger partial charge in [-0.2, -0.15) is 0 Å². The molecule has 3 aliphatic heterocycles. The maximum Gasteiger partial charge on any atom is 0.276 e. The molecule has 6 nitrogen and oxygen atoms in total. The second-order valence-electron chi connectivity index (χ2n) is 7.17. The van der Waals surface area contributed by atoms with Gasteiger partial charge in [0.25, 0.3) is 5.91 Å². The Labute approximate surface area is 136 Å². The van der Waals surface area contributed by atoms with Gasteiger partial charge in [-0.25, -0.2) is 0 Å². The zero-order valence-electron chi connectivity index (χ0n) is 13.7. The van der Waals surface area contributed by atoms with Gasteiger partial charge in [0.05, 0.1) is 12.7 Å². The van der Waals surface area contributed by atoms with Crippen molar-refractivity contribution in [1.82, 2.24) is 15.0 Å². The number of aryl methyl sites for hydroxylation is 1. The maximum atomic E-state index is 12.6. The number of nitrogens with zero attached hydrogens (tertiary/aromatic N) is 3. The van der Waals surface area contributed by atoms with Crippen LogP contribution in [0.3, 0.4) is 0 Å². The summed E-state index contributed by atoms with van der Waals surface area (Å²) in [6, 6.07) is 1.72. The van der Waals surface area contributed by atoms with E-state index in [0.717, 1.165) is 32.7 Å². The van der Waals surface area contributed by atoms with Crippen molar-refractivity contribution in [2.75, 3.05) is 39.3 Å². The number of hydrogen-bond donors (Lipinski definition) is 0. The van der Waals surface area contributed by atoms with Gasteiger partial charge in [-0.05, 0) is 45.2 Å². The second kappa shape index (κ2) is 6.24. The largest absolute Gasteiger partial charge is 0.376 e. The fourth-order valence-electron chi connectivity index (χ4n) is 4.25. The number of piperidine rings is 1. The van der Waals surface area contributed by atoms with E-state index in [2.05, 4.69) is 10.1 Å². The molecular formula is C17H25N3O3. The van der Waals surface area contributed by atoms with Crippen LogP contribution < -0.4 is 0 Å². The Morgan fingerprint density at radius 1 is 1.35 bits per heavy atom. The van der Waals surface area contributed by atoms with E-state index in [0.29, 0.717) is 23.3 Å². The van der Waals surface area contributed by atoms with Crippen LogP contribution in [0.2, 0.25) is 0 Å². The first-order valence-corrected chi connectivity index (χ1v) is 8.77. The van der Waals surface area contributed by atoms with Crippen LogP contribution in [0.4, 0.5) is 0 Å². The zero-order chi connectivity index (χ0) is 15.8. The lowest BCUT2D eigenvalue weighted by atomic mass is 9.84. The van der Waals surface area contributed by atoms with E-state index in [1.807, 2.05) is 11.8 Å². The minimum absolute atomic E-state index is 0.00729. The molecule has 0 unspecified atom stereocenters. The number of fused-ring (bicyclic) bond motifs is 1. The molecule has 4 heterocycles. The highest BCUT2D eigenvalue weighted by Crippen LogP contribution is 2.35. The van der Waals surface area contributed by atoms with E-state index in [4.69, 9.17) is 9.26 Å². The van der Waals surface area contributed by atoms with Gasteiger partial charge in [0.15, 0.2) is 5.69 Å². The second-order valence-corrected chi connectivity index (χ2v) is 7.17. The van der Waals surface area contributed by atoms with Crippen molar-refractivity contribution in [3.8, 4) is 0 Å². The van der Waals surface area contributed by atoms with E-state index >= 15 is 0 Å². The van der Waals surface area contributed by atoms with Gasteiger partial charge in [-0.15, -0.1) is 0 Å². The van der Waals surface area contributed by atoms with Crippen LogP contribution in [0, 0.1) is 18.8 Å². The first kappa shape index (κ1) is 15.1. The molecule has 3 atom stereocenters. The number of rotatable bonds is 3. The normalized spacial score (nSPS) is 31.5. The topological polar surface area (TPSA) is 58.8 Å². The lowest BCUT2D eigenvalue weighted by Gasteiger charge is -2.36. The summed E-state index contributed by atoms with van der Waals surface area (Å²) in [5, 5.41) is 3.87. The van der Waals surface area contributed by atoms with Crippen LogP contribution in [0.25, 0.3) is 0 Å². The third-order valence-electron chi connectivity index (χ3n) is 5.58. The number of aromatic nitrogens is 1. The summed E-state index contributed by atoms with van der Waals surface area (Å²) in [5.74, 6) is 1.73. The third-order valence-corrected chi connectivity index (χ3v) is 5.58. The van der Waals surface area contributed by atoms with Crippen LogP contribution in [-0.4, -0.2) is 66.3 Å². The van der Waals surface area contributed by atoms with Crippen molar-refractivity contribution < 1.29 is 14.1 Å². The van der Waals surface area contributed by atoms with Crippen molar-refractivity contribution >= 4 is 5.91 Å². The fourth-order valence-corrected chi connectivity index (χ4v) is 4.25. The van der Waals surface area contributed by atoms with E-state index < -0.39 is 0 Å². The Morgan fingerprint density at radius 2 is 2.17 bits per heavy atom. The minimum Gasteiger partial charge on any atom is -0.376 e. The average molecular weight is 319 g/mol. The smallest absolute Gasteiger partial charge is 0.276 e. The van der Waals surface area contributed by atoms with Gasteiger partial charge in [-0.1, -0.05) is 5.16 Å². The van der Waals surface area contributed by atoms with Crippen molar-refractivity contribution in [3.63, 3.8) is 0 Å². The first-order chi connectivity index (χ1) is 11.2. The lowest BCUT2D eigenvalue weighted by molar-refractivity contribution is 0.0431. The molecule has 0 spiro atoms. The van der Waals surface area contributed by atoms with E-state index in [-0.39, 0.29) is 12.0 Å². The molecule has 1 aromatic rings. The molecular weight excluding hydrogens is 294 g/mol. The first-order valence-electron chi connectivity index (χ1n) is 8.77. The standard InChI is InChI=1S/C17H25N3O3/c1-12-8-15(18-23-12)17(21)20-7-4-13-11-22-16(14(13)9-20)10-19-5-2-3-6-19/h8,13-14,16H,2-7,9-11H2,1H3/t13-,14-,16+/m1/s1. The van der Waals surface area contributed by atoms with E-state index in [1.165, 1.54) is 25.9 Å². The quantitative estimate of drug-likeness (QED) is 0.846. The molecule has 0 saturated carbocycles. The van der Waals surface area contributed by atoms with Gasteiger partial charge in [0.2, 0.25) is 0 Å². The Hall–Kier alpha value is -1.40.